The van der Waals surface area contributed by atoms with Gasteiger partial charge in [0, 0.05) is 19.4 Å². The molecule has 6 nitrogen and oxygen atoms in total. The van der Waals surface area contributed by atoms with Gasteiger partial charge in [0.1, 0.15) is 0 Å². The van der Waals surface area contributed by atoms with Crippen LogP contribution in [-0.4, -0.2) is 34.4 Å². The van der Waals surface area contributed by atoms with Crippen molar-refractivity contribution in [2.75, 3.05) is 6.54 Å². The molecule has 1 heterocycles. The Kier molecular flexibility index (Phi) is 5.72. The van der Waals surface area contributed by atoms with E-state index < -0.39 is 11.3 Å². The third kappa shape index (κ3) is 4.00. The van der Waals surface area contributed by atoms with Crippen molar-refractivity contribution in [3.05, 3.63) is 35.9 Å². The van der Waals surface area contributed by atoms with Crippen LogP contribution in [0.1, 0.15) is 38.7 Å². The van der Waals surface area contributed by atoms with Gasteiger partial charge in [-0.15, -0.1) is 0 Å². The van der Waals surface area contributed by atoms with Crippen molar-refractivity contribution in [2.24, 2.45) is 11.3 Å². The Morgan fingerprint density at radius 3 is 2.54 bits per heavy atom. The van der Waals surface area contributed by atoms with E-state index in [1.807, 2.05) is 44.2 Å². The zero-order chi connectivity index (χ0) is 17.7. The van der Waals surface area contributed by atoms with Crippen molar-refractivity contribution >= 4 is 17.7 Å². The first-order valence-corrected chi connectivity index (χ1v) is 8.19. The number of hydroxylamine groups is 1. The molecule has 0 aliphatic carbocycles. The van der Waals surface area contributed by atoms with Crippen LogP contribution in [0.2, 0.25) is 0 Å². The number of imide groups is 1. The zero-order valence-corrected chi connectivity index (χ0v) is 14.1. The maximum absolute atomic E-state index is 12.9. The van der Waals surface area contributed by atoms with E-state index in [0.29, 0.717) is 19.4 Å². The van der Waals surface area contributed by atoms with Gasteiger partial charge < -0.3 is 0 Å². The number of carbonyl (C=O) groups is 3. The van der Waals surface area contributed by atoms with Gasteiger partial charge in [0.2, 0.25) is 17.7 Å². The van der Waals surface area contributed by atoms with E-state index >= 15 is 0 Å². The van der Waals surface area contributed by atoms with Gasteiger partial charge in [-0.2, -0.15) is 0 Å². The van der Waals surface area contributed by atoms with Crippen LogP contribution in [0, 0.1) is 11.3 Å². The van der Waals surface area contributed by atoms with Gasteiger partial charge in [0.15, 0.2) is 0 Å². The second kappa shape index (κ2) is 7.57. The van der Waals surface area contributed by atoms with Crippen molar-refractivity contribution in [3.8, 4) is 0 Å². The molecular formula is C18H24N2O4. The highest BCUT2D eigenvalue weighted by molar-refractivity contribution is 6.07. The molecule has 130 valence electrons. The number of benzene rings is 1. The minimum Gasteiger partial charge on any atom is -0.289 e. The summed E-state index contributed by atoms with van der Waals surface area (Å²) in [4.78, 5) is 38.2. The molecule has 1 aromatic rings. The number of rotatable bonds is 7. The van der Waals surface area contributed by atoms with E-state index in [1.54, 1.807) is 5.48 Å². The summed E-state index contributed by atoms with van der Waals surface area (Å²) >= 11 is 0. The van der Waals surface area contributed by atoms with Crippen molar-refractivity contribution in [1.82, 2.24) is 10.4 Å². The number of carbonyl (C=O) groups excluding carboxylic acids is 3. The molecule has 2 rings (SSSR count). The second-order valence-corrected chi connectivity index (χ2v) is 6.85. The molecule has 0 saturated carbocycles. The lowest BCUT2D eigenvalue weighted by molar-refractivity contribution is -0.145. The summed E-state index contributed by atoms with van der Waals surface area (Å²) in [5.74, 6) is -1.04. The fraction of sp³-hybridized carbons (Fsp3) is 0.500. The van der Waals surface area contributed by atoms with Gasteiger partial charge in [-0.25, -0.2) is 5.48 Å². The van der Waals surface area contributed by atoms with Gasteiger partial charge in [0.05, 0.1) is 5.41 Å². The normalized spacial score (nSPS) is 20.8. The quantitative estimate of drug-likeness (QED) is 0.454. The monoisotopic (exact) mass is 332 g/mol. The lowest BCUT2D eigenvalue weighted by atomic mass is 9.75. The van der Waals surface area contributed by atoms with Crippen LogP contribution in [0.15, 0.2) is 30.3 Å². The molecule has 6 heteroatoms. The molecule has 1 atom stereocenters. The topological polar surface area (TPSA) is 86.7 Å². The smallest absolute Gasteiger partial charge is 0.244 e. The molecule has 1 unspecified atom stereocenters. The van der Waals surface area contributed by atoms with Crippen LogP contribution in [0.3, 0.4) is 0 Å². The minimum atomic E-state index is -1.05. The minimum absolute atomic E-state index is 0.0201. The molecular weight excluding hydrogens is 308 g/mol. The molecule has 0 aromatic heterocycles. The maximum Gasteiger partial charge on any atom is 0.244 e. The van der Waals surface area contributed by atoms with Gasteiger partial charge in [-0.05, 0) is 24.3 Å². The molecule has 1 aliphatic rings. The molecule has 1 saturated heterocycles. The summed E-state index contributed by atoms with van der Waals surface area (Å²) in [6.07, 6.45) is 0.870. The summed E-state index contributed by atoms with van der Waals surface area (Å²) in [5, 5.41) is 8.80. The number of likely N-dealkylation sites (tertiary alicyclic amines) is 1. The number of hydrogen-bond acceptors (Lipinski definition) is 4. The van der Waals surface area contributed by atoms with Crippen molar-refractivity contribution in [2.45, 2.75) is 39.5 Å². The van der Waals surface area contributed by atoms with E-state index in [4.69, 9.17) is 5.21 Å². The van der Waals surface area contributed by atoms with Crippen molar-refractivity contribution in [3.63, 3.8) is 0 Å². The summed E-state index contributed by atoms with van der Waals surface area (Å²) in [7, 11) is 0. The zero-order valence-electron chi connectivity index (χ0n) is 14.1. The van der Waals surface area contributed by atoms with Gasteiger partial charge in [-0.3, -0.25) is 24.5 Å². The molecule has 3 amide bonds. The first-order valence-electron chi connectivity index (χ1n) is 8.19. The number of nitrogens with zero attached hydrogens (tertiary/aromatic N) is 1. The average Bonchev–Trinajstić information content (AvgIpc) is 2.76. The summed E-state index contributed by atoms with van der Waals surface area (Å²) in [6, 6.07) is 9.64. The molecule has 1 aromatic carbocycles. The Morgan fingerprint density at radius 1 is 1.29 bits per heavy atom. The SMILES string of the molecule is CC(C)CC1(CC(=O)NO)CC(=O)N(CCc2ccccc2)C1=O. The lowest BCUT2D eigenvalue weighted by Crippen LogP contribution is -2.40. The van der Waals surface area contributed by atoms with E-state index in [-0.39, 0.29) is 30.6 Å². The molecule has 2 N–H and O–H groups in total. The maximum atomic E-state index is 12.9. The summed E-state index contributed by atoms with van der Waals surface area (Å²) in [5.41, 5.74) is 1.58. The van der Waals surface area contributed by atoms with E-state index in [1.165, 1.54) is 4.90 Å². The Hall–Kier alpha value is -2.21. The van der Waals surface area contributed by atoms with Gasteiger partial charge >= 0.3 is 0 Å². The van der Waals surface area contributed by atoms with Crippen LogP contribution in [-0.2, 0) is 20.8 Å². The molecule has 0 bridgehead atoms. The molecule has 0 radical (unpaired) electrons. The summed E-state index contributed by atoms with van der Waals surface area (Å²) < 4.78 is 0. The number of hydrogen-bond donors (Lipinski definition) is 2. The molecule has 24 heavy (non-hydrogen) atoms. The number of nitrogens with one attached hydrogen (secondary N) is 1. The summed E-state index contributed by atoms with van der Waals surface area (Å²) in [6.45, 7) is 4.20. The average molecular weight is 332 g/mol. The van der Waals surface area contributed by atoms with Crippen LogP contribution < -0.4 is 5.48 Å². The third-order valence-electron chi connectivity index (χ3n) is 4.38. The van der Waals surface area contributed by atoms with Crippen molar-refractivity contribution < 1.29 is 19.6 Å². The van der Waals surface area contributed by atoms with Gasteiger partial charge in [0.25, 0.3) is 0 Å². The van der Waals surface area contributed by atoms with Crippen LogP contribution >= 0.6 is 0 Å². The molecule has 1 fully saturated rings. The van der Waals surface area contributed by atoms with Crippen LogP contribution in [0.4, 0.5) is 0 Å². The first-order chi connectivity index (χ1) is 11.4. The highest BCUT2D eigenvalue weighted by Gasteiger charge is 2.52. The third-order valence-corrected chi connectivity index (χ3v) is 4.38. The van der Waals surface area contributed by atoms with E-state index in [2.05, 4.69) is 0 Å². The first kappa shape index (κ1) is 18.1. The Morgan fingerprint density at radius 2 is 1.96 bits per heavy atom. The van der Waals surface area contributed by atoms with E-state index in [0.717, 1.165) is 5.56 Å². The fourth-order valence-electron chi connectivity index (χ4n) is 3.47. The highest BCUT2D eigenvalue weighted by atomic mass is 16.5. The van der Waals surface area contributed by atoms with E-state index in [9.17, 15) is 14.4 Å². The van der Waals surface area contributed by atoms with Gasteiger partial charge in [-0.1, -0.05) is 44.2 Å². The Balaban J connectivity index is 2.15. The largest absolute Gasteiger partial charge is 0.289 e. The molecule has 1 aliphatic heterocycles. The Bertz CT molecular complexity index is 615. The van der Waals surface area contributed by atoms with Crippen LogP contribution in [0.5, 0.6) is 0 Å². The number of amides is 3. The predicted molar refractivity (Wildman–Crippen MR) is 87.9 cm³/mol. The Labute approximate surface area is 141 Å². The second-order valence-electron chi connectivity index (χ2n) is 6.85. The highest BCUT2D eigenvalue weighted by Crippen LogP contribution is 2.41. The van der Waals surface area contributed by atoms with Crippen molar-refractivity contribution in [1.29, 1.82) is 0 Å². The predicted octanol–water partition coefficient (Wildman–Crippen LogP) is 1.92. The molecule has 0 spiro atoms. The van der Waals surface area contributed by atoms with Crippen LogP contribution in [0.25, 0.3) is 0 Å². The standard InChI is InChI=1S/C18H24N2O4/c1-13(2)10-18(11-15(21)19-24)12-16(22)20(17(18)23)9-8-14-6-4-3-5-7-14/h3-7,13,24H,8-12H2,1-2H3,(H,19,21). The fourth-order valence-corrected chi connectivity index (χ4v) is 3.47. The lowest BCUT2D eigenvalue weighted by Gasteiger charge is -2.27.